The van der Waals surface area contributed by atoms with Gasteiger partial charge in [-0.25, -0.2) is 13.6 Å². The summed E-state index contributed by atoms with van der Waals surface area (Å²) in [7, 11) is 1.16. The van der Waals surface area contributed by atoms with Gasteiger partial charge in [-0.05, 0) is 12.1 Å². The third-order valence-corrected chi connectivity index (χ3v) is 1.69. The summed E-state index contributed by atoms with van der Waals surface area (Å²) in [5.74, 6) is -2.28. The summed E-state index contributed by atoms with van der Waals surface area (Å²) in [5.41, 5.74) is -0.191. The van der Waals surface area contributed by atoms with Gasteiger partial charge in [0.15, 0.2) is 0 Å². The summed E-state index contributed by atoms with van der Waals surface area (Å²) >= 11 is 0. The van der Waals surface area contributed by atoms with Crippen molar-refractivity contribution in [2.24, 2.45) is 0 Å². The molecule has 1 aromatic carbocycles. The first-order valence-corrected chi connectivity index (χ1v) is 3.79. The molecule has 0 aromatic heterocycles. The molecule has 74 valence electrons. The van der Waals surface area contributed by atoms with Gasteiger partial charge in [-0.15, -0.1) is 0 Å². The van der Waals surface area contributed by atoms with E-state index in [0.29, 0.717) is 6.07 Å². The number of ether oxygens (including phenoxy) is 1. The number of carbonyl (C=O) groups excluding carboxylic acids is 1. The highest BCUT2D eigenvalue weighted by atomic mass is 19.1. The average Bonchev–Trinajstić information content (AvgIpc) is 2.15. The highest BCUT2D eigenvalue weighted by molar-refractivity contribution is 6.15. The summed E-state index contributed by atoms with van der Waals surface area (Å²) in [6.07, 6.45) is 0. The molecule has 0 fully saturated rings. The molecule has 0 N–H and O–H groups in total. The van der Waals surface area contributed by atoms with E-state index in [1.165, 1.54) is 0 Å². The van der Waals surface area contributed by atoms with E-state index >= 15 is 0 Å². The smallest absolute Gasteiger partial charge is 0.337 e. The van der Waals surface area contributed by atoms with E-state index in [0.717, 1.165) is 19.2 Å². The van der Waals surface area contributed by atoms with Crippen LogP contribution in [0.4, 0.5) is 8.78 Å². The lowest BCUT2D eigenvalue weighted by Crippen LogP contribution is -2.04. The first-order valence-electron chi connectivity index (χ1n) is 3.79. The zero-order chi connectivity index (χ0) is 10.7. The molecule has 0 radical (unpaired) electrons. The second-order valence-corrected chi connectivity index (χ2v) is 2.59. The van der Waals surface area contributed by atoms with Crippen LogP contribution in [0.1, 0.15) is 5.56 Å². The van der Waals surface area contributed by atoms with E-state index in [9.17, 15) is 13.6 Å². The van der Waals surface area contributed by atoms with Crippen molar-refractivity contribution in [2.75, 3.05) is 7.11 Å². The van der Waals surface area contributed by atoms with Gasteiger partial charge in [-0.3, -0.25) is 0 Å². The Morgan fingerprint density at radius 1 is 1.43 bits per heavy atom. The first-order chi connectivity index (χ1) is 6.56. The monoisotopic (exact) mass is 198 g/mol. The fourth-order valence-corrected chi connectivity index (χ4v) is 0.967. The lowest BCUT2D eigenvalue weighted by Gasteiger charge is -2.04. The van der Waals surface area contributed by atoms with Gasteiger partial charge in [0.05, 0.1) is 12.7 Å². The van der Waals surface area contributed by atoms with Gasteiger partial charge in [-0.1, -0.05) is 6.58 Å². The molecule has 0 saturated heterocycles. The molecule has 0 aliphatic carbocycles. The van der Waals surface area contributed by atoms with E-state index in [4.69, 9.17) is 0 Å². The fourth-order valence-electron chi connectivity index (χ4n) is 0.967. The molecular formula is C10H8F2O2. The zero-order valence-corrected chi connectivity index (χ0v) is 7.51. The van der Waals surface area contributed by atoms with E-state index in [2.05, 4.69) is 11.3 Å². The molecule has 14 heavy (non-hydrogen) atoms. The maximum Gasteiger partial charge on any atom is 0.337 e. The fraction of sp³-hybridized carbons (Fsp3) is 0.100. The van der Waals surface area contributed by atoms with Crippen molar-refractivity contribution in [3.05, 3.63) is 42.0 Å². The molecule has 0 amide bonds. The summed E-state index contributed by atoms with van der Waals surface area (Å²) in [6, 6.07) is 2.87. The lowest BCUT2D eigenvalue weighted by atomic mass is 10.1. The average molecular weight is 198 g/mol. The SMILES string of the molecule is C=C(C(=O)OC)c1ccc(F)cc1F. The number of benzene rings is 1. The van der Waals surface area contributed by atoms with Crippen molar-refractivity contribution < 1.29 is 18.3 Å². The predicted octanol–water partition coefficient (Wildman–Crippen LogP) is 2.15. The van der Waals surface area contributed by atoms with Crippen LogP contribution >= 0.6 is 0 Å². The topological polar surface area (TPSA) is 26.3 Å². The van der Waals surface area contributed by atoms with Crippen molar-refractivity contribution in [3.8, 4) is 0 Å². The van der Waals surface area contributed by atoms with Gasteiger partial charge in [0, 0.05) is 11.6 Å². The van der Waals surface area contributed by atoms with Crippen molar-refractivity contribution in [1.82, 2.24) is 0 Å². The maximum absolute atomic E-state index is 13.1. The van der Waals surface area contributed by atoms with Crippen LogP contribution in [0.25, 0.3) is 5.57 Å². The minimum atomic E-state index is -0.833. The second kappa shape index (κ2) is 4.00. The van der Waals surface area contributed by atoms with Crippen molar-refractivity contribution in [1.29, 1.82) is 0 Å². The predicted molar refractivity (Wildman–Crippen MR) is 47.4 cm³/mol. The normalized spacial score (nSPS) is 9.64. The molecule has 0 heterocycles. The van der Waals surface area contributed by atoms with Crippen LogP contribution in [-0.2, 0) is 9.53 Å². The molecule has 0 aliphatic heterocycles. The van der Waals surface area contributed by atoms with Crippen molar-refractivity contribution >= 4 is 11.5 Å². The molecule has 0 unspecified atom stereocenters. The lowest BCUT2D eigenvalue weighted by molar-refractivity contribution is -0.133. The summed E-state index contributed by atoms with van der Waals surface area (Å²) in [5, 5.41) is 0. The summed E-state index contributed by atoms with van der Waals surface area (Å²) < 4.78 is 29.9. The van der Waals surface area contributed by atoms with E-state index in [1.807, 2.05) is 0 Å². The number of hydrogen-bond donors (Lipinski definition) is 0. The van der Waals surface area contributed by atoms with Crippen molar-refractivity contribution in [3.63, 3.8) is 0 Å². The Balaban J connectivity index is 3.08. The minimum Gasteiger partial charge on any atom is -0.465 e. The maximum atomic E-state index is 13.1. The molecule has 1 aromatic rings. The molecule has 0 saturated carbocycles. The molecule has 0 atom stereocenters. The van der Waals surface area contributed by atoms with Crippen LogP contribution in [0.2, 0.25) is 0 Å². The van der Waals surface area contributed by atoms with Crippen LogP contribution in [0.5, 0.6) is 0 Å². The van der Waals surface area contributed by atoms with Gasteiger partial charge >= 0.3 is 5.97 Å². The number of hydrogen-bond acceptors (Lipinski definition) is 2. The van der Waals surface area contributed by atoms with Crippen LogP contribution in [0.3, 0.4) is 0 Å². The molecule has 1 rings (SSSR count). The van der Waals surface area contributed by atoms with Crippen LogP contribution in [-0.4, -0.2) is 13.1 Å². The second-order valence-electron chi connectivity index (χ2n) is 2.59. The zero-order valence-electron chi connectivity index (χ0n) is 7.51. The number of rotatable bonds is 2. The Morgan fingerprint density at radius 3 is 2.57 bits per heavy atom. The molecule has 4 heteroatoms. The van der Waals surface area contributed by atoms with Gasteiger partial charge in [0.25, 0.3) is 0 Å². The third kappa shape index (κ3) is 1.96. The van der Waals surface area contributed by atoms with Gasteiger partial charge in [-0.2, -0.15) is 0 Å². The largest absolute Gasteiger partial charge is 0.465 e. The first kappa shape index (κ1) is 10.4. The Hall–Kier alpha value is -1.71. The quantitative estimate of drug-likeness (QED) is 0.537. The Labute approximate surface area is 79.8 Å². The molecule has 0 spiro atoms. The number of esters is 1. The van der Waals surface area contributed by atoms with E-state index < -0.39 is 17.6 Å². The molecular weight excluding hydrogens is 190 g/mol. The molecule has 0 bridgehead atoms. The van der Waals surface area contributed by atoms with Crippen LogP contribution < -0.4 is 0 Å². The molecule has 2 nitrogen and oxygen atoms in total. The summed E-state index contributed by atoms with van der Waals surface area (Å²) in [6.45, 7) is 3.35. The number of methoxy groups -OCH3 is 1. The van der Waals surface area contributed by atoms with Crippen molar-refractivity contribution in [2.45, 2.75) is 0 Å². The Bertz CT molecular complexity index is 386. The number of carbonyl (C=O) groups is 1. The number of halogens is 2. The Morgan fingerprint density at radius 2 is 2.07 bits per heavy atom. The minimum absolute atomic E-state index is 0.0572. The van der Waals surface area contributed by atoms with Gasteiger partial charge in [0.1, 0.15) is 11.6 Å². The van der Waals surface area contributed by atoms with Crippen LogP contribution in [0.15, 0.2) is 24.8 Å². The van der Waals surface area contributed by atoms with Crippen LogP contribution in [0, 0.1) is 11.6 Å². The summed E-state index contributed by atoms with van der Waals surface area (Å²) in [4.78, 5) is 11.0. The van der Waals surface area contributed by atoms with E-state index in [1.54, 1.807) is 0 Å². The van der Waals surface area contributed by atoms with Gasteiger partial charge < -0.3 is 4.74 Å². The Kier molecular flexibility index (Phi) is 2.96. The van der Waals surface area contributed by atoms with Gasteiger partial charge in [0.2, 0.25) is 0 Å². The van der Waals surface area contributed by atoms with E-state index in [-0.39, 0.29) is 11.1 Å². The highest BCUT2D eigenvalue weighted by Crippen LogP contribution is 2.18. The highest BCUT2D eigenvalue weighted by Gasteiger charge is 2.14. The standard InChI is InChI=1S/C10H8F2O2/c1-6(10(13)14-2)8-4-3-7(11)5-9(8)12/h3-5H,1H2,2H3. The third-order valence-electron chi connectivity index (χ3n) is 1.69. The molecule has 0 aliphatic rings.